The minimum absolute atomic E-state index is 0.707. The SMILES string of the molecule is c1ccc(-c2nc(-c3cccc(-n4c5ccccc5c5c(-c6ccc7c(c6)c6ccccc6n7-c6ccccc6)cccc54)c3)nc3ccccc23)cc1. The zero-order valence-corrected chi connectivity index (χ0v) is 29.3. The van der Waals surface area contributed by atoms with Crippen LogP contribution in [0.15, 0.2) is 194 Å². The molecule has 0 unspecified atom stereocenters. The molecule has 4 nitrogen and oxygen atoms in total. The van der Waals surface area contributed by atoms with E-state index in [1.54, 1.807) is 0 Å². The van der Waals surface area contributed by atoms with Crippen molar-refractivity contribution < 1.29 is 0 Å². The van der Waals surface area contributed by atoms with E-state index in [-0.39, 0.29) is 0 Å². The van der Waals surface area contributed by atoms with E-state index in [0.717, 1.165) is 50.1 Å². The Labute approximate surface area is 311 Å². The van der Waals surface area contributed by atoms with Crippen molar-refractivity contribution in [3.63, 3.8) is 0 Å². The summed E-state index contributed by atoms with van der Waals surface area (Å²) in [5.74, 6) is 0.707. The number of benzene rings is 8. The summed E-state index contributed by atoms with van der Waals surface area (Å²) < 4.78 is 4.76. The number of para-hydroxylation sites is 4. The van der Waals surface area contributed by atoms with E-state index in [0.29, 0.717) is 5.82 Å². The van der Waals surface area contributed by atoms with Gasteiger partial charge in [0.05, 0.1) is 33.3 Å². The van der Waals surface area contributed by atoms with Crippen LogP contribution in [0.2, 0.25) is 0 Å². The molecule has 0 saturated carbocycles. The minimum atomic E-state index is 0.707. The fourth-order valence-electron chi connectivity index (χ4n) is 8.34. The molecule has 3 heterocycles. The Balaban J connectivity index is 1.10. The van der Waals surface area contributed by atoms with Gasteiger partial charge >= 0.3 is 0 Å². The zero-order valence-electron chi connectivity index (χ0n) is 29.3. The molecule has 54 heavy (non-hydrogen) atoms. The number of nitrogens with zero attached hydrogens (tertiary/aromatic N) is 4. The second kappa shape index (κ2) is 12.1. The van der Waals surface area contributed by atoms with Crippen LogP contribution >= 0.6 is 0 Å². The molecule has 3 aromatic heterocycles. The zero-order chi connectivity index (χ0) is 35.6. The van der Waals surface area contributed by atoms with E-state index >= 15 is 0 Å². The molecule has 0 N–H and O–H groups in total. The van der Waals surface area contributed by atoms with E-state index in [4.69, 9.17) is 9.97 Å². The van der Waals surface area contributed by atoms with Gasteiger partial charge in [-0.2, -0.15) is 0 Å². The van der Waals surface area contributed by atoms with E-state index < -0.39 is 0 Å². The molecule has 0 aliphatic rings. The molecule has 0 atom stereocenters. The maximum atomic E-state index is 5.19. The van der Waals surface area contributed by atoms with Crippen LogP contribution in [-0.2, 0) is 0 Å². The molecule has 0 saturated heterocycles. The van der Waals surface area contributed by atoms with Crippen molar-refractivity contribution in [3.8, 4) is 45.1 Å². The predicted octanol–water partition coefficient (Wildman–Crippen LogP) is 12.8. The van der Waals surface area contributed by atoms with Gasteiger partial charge in [0.25, 0.3) is 0 Å². The number of aromatic nitrogens is 4. The van der Waals surface area contributed by atoms with Gasteiger partial charge in [0, 0.05) is 49.4 Å². The van der Waals surface area contributed by atoms with Crippen molar-refractivity contribution >= 4 is 54.5 Å². The molecule has 0 radical (unpaired) electrons. The van der Waals surface area contributed by atoms with Gasteiger partial charge in [-0.05, 0) is 71.8 Å². The third-order valence-corrected chi connectivity index (χ3v) is 10.7. The first-order chi connectivity index (χ1) is 26.8. The Bertz CT molecular complexity index is 3210. The van der Waals surface area contributed by atoms with Crippen LogP contribution in [0.3, 0.4) is 0 Å². The first kappa shape index (κ1) is 30.3. The molecule has 11 rings (SSSR count). The average Bonchev–Trinajstić information content (AvgIpc) is 3.77. The summed E-state index contributed by atoms with van der Waals surface area (Å²) in [4.78, 5) is 10.3. The standard InChI is InChI=1S/C50H32N4/c1-3-15-33(16-4-1)49-40-22-7-10-25-43(40)51-50(52-49)35-17-13-20-37(31-35)54-45-27-12-9-23-41(45)48-38(24-14-28-47(48)54)34-29-30-46-42(32-34)39-21-8-11-26-44(39)53(46)36-18-5-2-6-19-36/h1-32H. The largest absolute Gasteiger partial charge is 0.309 e. The fraction of sp³-hybridized carbons (Fsp3) is 0. The van der Waals surface area contributed by atoms with Crippen LogP contribution in [0.1, 0.15) is 0 Å². The van der Waals surface area contributed by atoms with Gasteiger partial charge in [-0.1, -0.05) is 133 Å². The monoisotopic (exact) mass is 688 g/mol. The van der Waals surface area contributed by atoms with E-state index in [2.05, 4.69) is 191 Å². The Hall–Kier alpha value is -7.30. The lowest BCUT2D eigenvalue weighted by Crippen LogP contribution is -1.97. The lowest BCUT2D eigenvalue weighted by molar-refractivity contribution is 1.17. The number of fused-ring (bicyclic) bond motifs is 7. The maximum absolute atomic E-state index is 5.19. The third-order valence-electron chi connectivity index (χ3n) is 10.7. The summed E-state index contributed by atoms with van der Waals surface area (Å²) in [7, 11) is 0. The summed E-state index contributed by atoms with van der Waals surface area (Å²) in [5, 5.41) is 5.98. The van der Waals surface area contributed by atoms with Crippen molar-refractivity contribution in [1.82, 2.24) is 19.1 Å². The summed E-state index contributed by atoms with van der Waals surface area (Å²) in [6, 6.07) is 69.0. The van der Waals surface area contributed by atoms with Gasteiger partial charge in [0.1, 0.15) is 0 Å². The molecule has 0 aliphatic carbocycles. The van der Waals surface area contributed by atoms with Gasteiger partial charge < -0.3 is 9.13 Å². The van der Waals surface area contributed by atoms with Crippen LogP contribution in [-0.4, -0.2) is 19.1 Å². The quantitative estimate of drug-likeness (QED) is 0.180. The highest BCUT2D eigenvalue weighted by molar-refractivity contribution is 6.17. The predicted molar refractivity (Wildman–Crippen MR) is 225 cm³/mol. The third kappa shape index (κ3) is 4.70. The van der Waals surface area contributed by atoms with Gasteiger partial charge in [-0.3, -0.25) is 0 Å². The van der Waals surface area contributed by atoms with Crippen LogP contribution in [0, 0.1) is 0 Å². The Morgan fingerprint density at radius 2 is 0.926 bits per heavy atom. The van der Waals surface area contributed by atoms with E-state index in [1.807, 2.05) is 12.1 Å². The molecular weight excluding hydrogens is 657 g/mol. The molecule has 0 spiro atoms. The Morgan fingerprint density at radius 3 is 1.76 bits per heavy atom. The number of hydrogen-bond acceptors (Lipinski definition) is 2. The highest BCUT2D eigenvalue weighted by Crippen LogP contribution is 2.41. The summed E-state index contributed by atoms with van der Waals surface area (Å²) in [6.07, 6.45) is 0. The molecule has 0 amide bonds. The molecule has 11 aromatic rings. The molecular formula is C50H32N4. The lowest BCUT2D eigenvalue weighted by Gasteiger charge is -2.12. The first-order valence-corrected chi connectivity index (χ1v) is 18.3. The smallest absolute Gasteiger partial charge is 0.160 e. The van der Waals surface area contributed by atoms with Crippen molar-refractivity contribution in [2.75, 3.05) is 0 Å². The molecule has 0 fully saturated rings. The summed E-state index contributed by atoms with van der Waals surface area (Å²) >= 11 is 0. The van der Waals surface area contributed by atoms with Gasteiger partial charge in [-0.25, -0.2) is 9.97 Å². The topological polar surface area (TPSA) is 35.6 Å². The summed E-state index contributed by atoms with van der Waals surface area (Å²) in [5.41, 5.74) is 13.3. The number of hydrogen-bond donors (Lipinski definition) is 0. The summed E-state index contributed by atoms with van der Waals surface area (Å²) in [6.45, 7) is 0. The average molecular weight is 689 g/mol. The van der Waals surface area contributed by atoms with Crippen LogP contribution in [0.25, 0.3) is 99.7 Å². The van der Waals surface area contributed by atoms with Crippen molar-refractivity contribution in [2.24, 2.45) is 0 Å². The van der Waals surface area contributed by atoms with Crippen LogP contribution < -0.4 is 0 Å². The van der Waals surface area contributed by atoms with Crippen molar-refractivity contribution in [2.45, 2.75) is 0 Å². The molecule has 0 bridgehead atoms. The highest BCUT2D eigenvalue weighted by Gasteiger charge is 2.19. The normalized spacial score (nSPS) is 11.7. The van der Waals surface area contributed by atoms with Crippen molar-refractivity contribution in [1.29, 1.82) is 0 Å². The van der Waals surface area contributed by atoms with Gasteiger partial charge in [0.2, 0.25) is 0 Å². The molecule has 8 aromatic carbocycles. The molecule has 4 heteroatoms. The second-order valence-electron chi connectivity index (χ2n) is 13.8. The molecule has 252 valence electrons. The van der Waals surface area contributed by atoms with E-state index in [1.165, 1.54) is 43.7 Å². The minimum Gasteiger partial charge on any atom is -0.309 e. The maximum Gasteiger partial charge on any atom is 0.160 e. The van der Waals surface area contributed by atoms with E-state index in [9.17, 15) is 0 Å². The van der Waals surface area contributed by atoms with Gasteiger partial charge in [0.15, 0.2) is 5.82 Å². The second-order valence-corrected chi connectivity index (χ2v) is 13.8. The van der Waals surface area contributed by atoms with Gasteiger partial charge in [-0.15, -0.1) is 0 Å². The fourth-order valence-corrected chi connectivity index (χ4v) is 8.34. The van der Waals surface area contributed by atoms with Crippen LogP contribution in [0.5, 0.6) is 0 Å². The first-order valence-electron chi connectivity index (χ1n) is 18.3. The Kier molecular flexibility index (Phi) is 6.82. The van der Waals surface area contributed by atoms with Crippen molar-refractivity contribution in [3.05, 3.63) is 194 Å². The lowest BCUT2D eigenvalue weighted by atomic mass is 9.98. The Morgan fingerprint density at radius 1 is 0.333 bits per heavy atom. The molecule has 0 aliphatic heterocycles. The number of rotatable bonds is 5. The van der Waals surface area contributed by atoms with Crippen LogP contribution in [0.4, 0.5) is 0 Å². The highest BCUT2D eigenvalue weighted by atomic mass is 15.0.